The molecular formula is C11H22N2O3. The molecule has 1 atom stereocenters. The van der Waals surface area contributed by atoms with E-state index in [2.05, 4.69) is 10.6 Å². The van der Waals surface area contributed by atoms with Crippen molar-refractivity contribution < 1.29 is 14.7 Å². The van der Waals surface area contributed by atoms with Crippen LogP contribution in [0.4, 0.5) is 0 Å². The van der Waals surface area contributed by atoms with E-state index in [4.69, 9.17) is 5.11 Å². The molecule has 0 spiro atoms. The maximum absolute atomic E-state index is 11.5. The number of carbonyl (C=O) groups excluding carboxylic acids is 2. The number of rotatable bonds is 7. The van der Waals surface area contributed by atoms with Crippen molar-refractivity contribution in [3.8, 4) is 0 Å². The van der Waals surface area contributed by atoms with Crippen molar-refractivity contribution in [1.29, 1.82) is 0 Å². The number of aliphatic hydroxyl groups is 1. The smallest absolute Gasteiger partial charge is 0.239 e. The molecule has 3 N–H and O–H groups in total. The summed E-state index contributed by atoms with van der Waals surface area (Å²) in [6.45, 7) is 6.25. The van der Waals surface area contributed by atoms with E-state index < -0.39 is 0 Å². The average molecular weight is 230 g/mol. The molecule has 5 heteroatoms. The van der Waals surface area contributed by atoms with E-state index in [-0.39, 0.29) is 36.8 Å². The van der Waals surface area contributed by atoms with E-state index in [0.717, 1.165) is 0 Å². The summed E-state index contributed by atoms with van der Waals surface area (Å²) in [5.74, 6) is -0.159. The Balaban J connectivity index is 3.71. The normalized spacial score (nSPS) is 12.3. The fourth-order valence-corrected chi connectivity index (χ4v) is 1.00. The van der Waals surface area contributed by atoms with E-state index >= 15 is 0 Å². The van der Waals surface area contributed by atoms with E-state index in [1.54, 1.807) is 0 Å². The minimum Gasteiger partial charge on any atom is -0.396 e. The number of carbonyl (C=O) groups is 2. The summed E-state index contributed by atoms with van der Waals surface area (Å²) in [4.78, 5) is 22.7. The van der Waals surface area contributed by atoms with Gasteiger partial charge in [0.2, 0.25) is 11.8 Å². The second-order valence-corrected chi connectivity index (χ2v) is 4.18. The molecule has 0 bridgehead atoms. The molecule has 0 heterocycles. The minimum atomic E-state index is -0.224. The molecule has 0 saturated carbocycles. The Bertz CT molecular complexity index is 229. The van der Waals surface area contributed by atoms with Gasteiger partial charge in [0.25, 0.3) is 0 Å². The summed E-state index contributed by atoms with van der Waals surface area (Å²) >= 11 is 0. The second kappa shape index (κ2) is 8.10. The third-order valence-electron chi connectivity index (χ3n) is 2.49. The molecule has 0 unspecified atom stereocenters. The van der Waals surface area contributed by atoms with Crippen LogP contribution in [0.1, 0.15) is 27.2 Å². The number of aliphatic hydroxyl groups excluding tert-OH is 1. The van der Waals surface area contributed by atoms with Gasteiger partial charge >= 0.3 is 0 Å². The fourth-order valence-electron chi connectivity index (χ4n) is 1.00. The van der Waals surface area contributed by atoms with E-state index in [1.165, 1.54) is 0 Å². The molecule has 5 nitrogen and oxygen atoms in total. The van der Waals surface area contributed by atoms with Crippen molar-refractivity contribution in [2.45, 2.75) is 27.2 Å². The molecule has 0 fully saturated rings. The lowest BCUT2D eigenvalue weighted by Gasteiger charge is -2.15. The zero-order valence-corrected chi connectivity index (χ0v) is 10.2. The second-order valence-electron chi connectivity index (χ2n) is 4.18. The van der Waals surface area contributed by atoms with Crippen molar-refractivity contribution in [3.05, 3.63) is 0 Å². The maximum atomic E-state index is 11.5. The predicted molar refractivity (Wildman–Crippen MR) is 61.7 cm³/mol. The van der Waals surface area contributed by atoms with Crippen LogP contribution < -0.4 is 10.6 Å². The van der Waals surface area contributed by atoms with E-state index in [0.29, 0.717) is 13.0 Å². The summed E-state index contributed by atoms with van der Waals surface area (Å²) in [6.07, 6.45) is 0.530. The lowest BCUT2D eigenvalue weighted by molar-refractivity contribution is -0.129. The number of hydrogen-bond acceptors (Lipinski definition) is 3. The van der Waals surface area contributed by atoms with Gasteiger partial charge in [0.05, 0.1) is 6.54 Å². The van der Waals surface area contributed by atoms with Crippen LogP contribution in [0.3, 0.4) is 0 Å². The average Bonchev–Trinajstić information content (AvgIpc) is 2.25. The van der Waals surface area contributed by atoms with Crippen molar-refractivity contribution in [3.63, 3.8) is 0 Å². The van der Waals surface area contributed by atoms with Gasteiger partial charge in [0, 0.05) is 19.1 Å². The third kappa shape index (κ3) is 6.40. The van der Waals surface area contributed by atoms with Crippen LogP contribution in [0.5, 0.6) is 0 Å². The highest BCUT2D eigenvalue weighted by atomic mass is 16.3. The number of nitrogens with one attached hydrogen (secondary N) is 2. The summed E-state index contributed by atoms with van der Waals surface area (Å²) < 4.78 is 0. The molecule has 0 aromatic rings. The molecule has 0 aliphatic rings. The zero-order valence-electron chi connectivity index (χ0n) is 10.2. The molecule has 2 amide bonds. The molecule has 0 aliphatic carbocycles. The van der Waals surface area contributed by atoms with Gasteiger partial charge in [-0.15, -0.1) is 0 Å². The van der Waals surface area contributed by atoms with Gasteiger partial charge in [-0.1, -0.05) is 20.8 Å². The molecule has 0 rings (SSSR count). The monoisotopic (exact) mass is 230 g/mol. The standard InChI is InChI=1S/C11H22N2O3/c1-8(2)9(3)11(16)13-7-10(15)12-5-4-6-14/h8-9,14H,4-7H2,1-3H3,(H,12,15)(H,13,16)/t9-/m0/s1. The molecule has 16 heavy (non-hydrogen) atoms. The third-order valence-corrected chi connectivity index (χ3v) is 2.49. The zero-order chi connectivity index (χ0) is 12.6. The highest BCUT2D eigenvalue weighted by Gasteiger charge is 2.16. The van der Waals surface area contributed by atoms with Gasteiger partial charge in [-0.25, -0.2) is 0 Å². The molecule has 0 aliphatic heterocycles. The largest absolute Gasteiger partial charge is 0.396 e. The first-order chi connectivity index (χ1) is 7.49. The number of hydrogen-bond donors (Lipinski definition) is 3. The van der Waals surface area contributed by atoms with Crippen LogP contribution in [0.25, 0.3) is 0 Å². The highest BCUT2D eigenvalue weighted by Crippen LogP contribution is 2.08. The van der Waals surface area contributed by atoms with Gasteiger partial charge in [-0.2, -0.15) is 0 Å². The molecule has 0 saturated heterocycles. The summed E-state index contributed by atoms with van der Waals surface area (Å²) in [5, 5.41) is 13.7. The summed E-state index contributed by atoms with van der Waals surface area (Å²) in [5.41, 5.74) is 0. The van der Waals surface area contributed by atoms with Crippen molar-refractivity contribution in [2.24, 2.45) is 11.8 Å². The molecule has 0 aromatic heterocycles. The highest BCUT2D eigenvalue weighted by molar-refractivity contribution is 5.85. The van der Waals surface area contributed by atoms with Gasteiger partial charge in [0.15, 0.2) is 0 Å². The number of amides is 2. The van der Waals surface area contributed by atoms with Crippen molar-refractivity contribution >= 4 is 11.8 Å². The Morgan fingerprint density at radius 1 is 1.19 bits per heavy atom. The quantitative estimate of drug-likeness (QED) is 0.534. The fraction of sp³-hybridized carbons (Fsp3) is 0.818. The molecular weight excluding hydrogens is 208 g/mol. The van der Waals surface area contributed by atoms with Crippen molar-refractivity contribution in [1.82, 2.24) is 10.6 Å². The van der Waals surface area contributed by atoms with Crippen LogP contribution in [0.15, 0.2) is 0 Å². The van der Waals surface area contributed by atoms with Gasteiger partial charge in [-0.05, 0) is 12.3 Å². The topological polar surface area (TPSA) is 78.4 Å². The Hall–Kier alpha value is -1.10. The maximum Gasteiger partial charge on any atom is 0.239 e. The Morgan fingerprint density at radius 2 is 1.81 bits per heavy atom. The predicted octanol–water partition coefficient (Wildman–Crippen LogP) is -0.107. The Kier molecular flexibility index (Phi) is 7.54. The van der Waals surface area contributed by atoms with Crippen molar-refractivity contribution in [2.75, 3.05) is 19.7 Å². The lowest BCUT2D eigenvalue weighted by atomic mass is 9.97. The molecule has 0 aromatic carbocycles. The Labute approximate surface area is 96.6 Å². The Morgan fingerprint density at radius 3 is 2.31 bits per heavy atom. The molecule has 94 valence electrons. The van der Waals surface area contributed by atoms with E-state index in [1.807, 2.05) is 20.8 Å². The van der Waals surface area contributed by atoms with Crippen LogP contribution in [-0.2, 0) is 9.59 Å². The summed E-state index contributed by atoms with van der Waals surface area (Å²) in [7, 11) is 0. The minimum absolute atomic E-state index is 0.00131. The van der Waals surface area contributed by atoms with Gasteiger partial charge in [-0.3, -0.25) is 9.59 Å². The lowest BCUT2D eigenvalue weighted by Crippen LogP contribution is -2.40. The SMILES string of the molecule is CC(C)[C@H](C)C(=O)NCC(=O)NCCCO. The van der Waals surface area contributed by atoms with Crippen LogP contribution in [0.2, 0.25) is 0 Å². The first-order valence-electron chi connectivity index (χ1n) is 5.64. The molecule has 0 radical (unpaired) electrons. The summed E-state index contributed by atoms with van der Waals surface area (Å²) in [6, 6.07) is 0. The first kappa shape index (κ1) is 14.9. The van der Waals surface area contributed by atoms with Crippen LogP contribution >= 0.6 is 0 Å². The first-order valence-corrected chi connectivity index (χ1v) is 5.64. The van der Waals surface area contributed by atoms with Crippen LogP contribution in [-0.4, -0.2) is 36.6 Å². The van der Waals surface area contributed by atoms with Crippen LogP contribution in [0, 0.1) is 11.8 Å². The van der Waals surface area contributed by atoms with Gasteiger partial charge in [0.1, 0.15) is 0 Å². The van der Waals surface area contributed by atoms with E-state index in [9.17, 15) is 9.59 Å². The van der Waals surface area contributed by atoms with Gasteiger partial charge < -0.3 is 15.7 Å².